The third-order valence-electron chi connectivity index (χ3n) is 3.02. The van der Waals surface area contributed by atoms with Crippen molar-refractivity contribution in [2.24, 2.45) is 5.92 Å². The molecule has 2 heteroatoms. The van der Waals surface area contributed by atoms with Gasteiger partial charge in [0.1, 0.15) is 0 Å². The molecule has 2 nitrogen and oxygen atoms in total. The number of rotatable bonds is 3. The van der Waals surface area contributed by atoms with Crippen LogP contribution in [0.25, 0.3) is 0 Å². The largest absolute Gasteiger partial charge is 0.296 e. The highest BCUT2D eigenvalue weighted by molar-refractivity contribution is 5.94. The summed E-state index contributed by atoms with van der Waals surface area (Å²) < 4.78 is 0. The summed E-state index contributed by atoms with van der Waals surface area (Å²) in [6.45, 7) is 6.77. The molecule has 13 heavy (non-hydrogen) atoms. The quantitative estimate of drug-likeness (QED) is 0.619. The molecule has 0 aromatic heterocycles. The molecule has 74 valence electrons. The number of nitrogens with zero attached hydrogens (tertiary/aromatic N) is 1. The maximum Gasteiger partial charge on any atom is 0.172 e. The summed E-state index contributed by atoms with van der Waals surface area (Å²) in [4.78, 5) is 13.8. The van der Waals surface area contributed by atoms with Gasteiger partial charge in [0.25, 0.3) is 0 Å². The van der Waals surface area contributed by atoms with Crippen molar-refractivity contribution >= 4 is 5.78 Å². The molecule has 1 heterocycles. The minimum atomic E-state index is 0.0938. The van der Waals surface area contributed by atoms with Gasteiger partial charge in [-0.3, -0.25) is 9.69 Å². The van der Waals surface area contributed by atoms with Gasteiger partial charge in [-0.1, -0.05) is 19.9 Å². The summed E-state index contributed by atoms with van der Waals surface area (Å²) >= 11 is 0. The fraction of sp³-hybridized carbons (Fsp3) is 0.727. The number of carbonyl (C=O) groups excluding carboxylic acids is 1. The highest BCUT2D eigenvalue weighted by Gasteiger charge is 2.31. The van der Waals surface area contributed by atoms with Crippen LogP contribution < -0.4 is 0 Å². The van der Waals surface area contributed by atoms with E-state index in [-0.39, 0.29) is 11.8 Å². The van der Waals surface area contributed by atoms with E-state index >= 15 is 0 Å². The van der Waals surface area contributed by atoms with E-state index in [4.69, 9.17) is 0 Å². The Balaban J connectivity index is 2.72. The summed E-state index contributed by atoms with van der Waals surface area (Å²) in [6.07, 6.45) is 4.96. The number of piperidine rings is 1. The second-order valence-corrected chi connectivity index (χ2v) is 3.84. The molecule has 0 N–H and O–H groups in total. The van der Waals surface area contributed by atoms with Gasteiger partial charge in [-0.15, -0.1) is 0 Å². The van der Waals surface area contributed by atoms with E-state index in [0.717, 1.165) is 13.0 Å². The zero-order chi connectivity index (χ0) is 9.84. The lowest BCUT2D eigenvalue weighted by atomic mass is 9.85. The molecular formula is C11H19NO. The highest BCUT2D eigenvalue weighted by Crippen LogP contribution is 2.25. The molecule has 1 aliphatic heterocycles. The van der Waals surface area contributed by atoms with Crippen molar-refractivity contribution < 1.29 is 4.79 Å². The minimum Gasteiger partial charge on any atom is -0.296 e. The van der Waals surface area contributed by atoms with E-state index in [1.165, 1.54) is 18.9 Å². The zero-order valence-corrected chi connectivity index (χ0v) is 8.62. The van der Waals surface area contributed by atoms with Crippen LogP contribution in [0.1, 0.15) is 26.2 Å². The standard InChI is InChI=1S/C11H19NO/c1-4-9-7-6-8-12(3)11(9)10(13)5-2/h5,9,11H,2,4,6-8H2,1,3H3. The molecule has 2 unspecified atom stereocenters. The Hall–Kier alpha value is -0.630. The van der Waals surface area contributed by atoms with E-state index < -0.39 is 0 Å². The van der Waals surface area contributed by atoms with E-state index in [1.807, 2.05) is 7.05 Å². The number of likely N-dealkylation sites (tertiary alicyclic amines) is 1. The molecule has 0 aromatic rings. The van der Waals surface area contributed by atoms with E-state index in [2.05, 4.69) is 18.4 Å². The van der Waals surface area contributed by atoms with Crippen LogP contribution in [0.3, 0.4) is 0 Å². The van der Waals surface area contributed by atoms with Crippen LogP contribution in [0.15, 0.2) is 12.7 Å². The van der Waals surface area contributed by atoms with Crippen LogP contribution in [0.5, 0.6) is 0 Å². The number of likely N-dealkylation sites (N-methyl/N-ethyl adjacent to an activating group) is 1. The molecule has 1 saturated heterocycles. The van der Waals surface area contributed by atoms with Gasteiger partial charge < -0.3 is 0 Å². The first-order chi connectivity index (χ1) is 6.20. The minimum absolute atomic E-state index is 0.0938. The Kier molecular flexibility index (Phi) is 3.67. The SMILES string of the molecule is C=CC(=O)C1C(CC)CCCN1C. The van der Waals surface area contributed by atoms with E-state index in [0.29, 0.717) is 5.92 Å². The maximum atomic E-state index is 11.6. The average molecular weight is 181 g/mol. The molecule has 0 radical (unpaired) electrons. The molecule has 0 saturated carbocycles. The first-order valence-electron chi connectivity index (χ1n) is 5.07. The van der Waals surface area contributed by atoms with Crippen LogP contribution in [-0.2, 0) is 4.79 Å². The first-order valence-corrected chi connectivity index (χ1v) is 5.07. The molecule has 0 amide bonds. The van der Waals surface area contributed by atoms with Crippen molar-refractivity contribution in [2.75, 3.05) is 13.6 Å². The van der Waals surface area contributed by atoms with Gasteiger partial charge in [-0.25, -0.2) is 0 Å². The van der Waals surface area contributed by atoms with Crippen molar-refractivity contribution in [3.05, 3.63) is 12.7 Å². The van der Waals surface area contributed by atoms with Crippen LogP contribution >= 0.6 is 0 Å². The summed E-state index contributed by atoms with van der Waals surface area (Å²) in [7, 11) is 2.04. The summed E-state index contributed by atoms with van der Waals surface area (Å²) in [5.41, 5.74) is 0. The van der Waals surface area contributed by atoms with Gasteiger partial charge >= 0.3 is 0 Å². The molecule has 1 aliphatic rings. The second kappa shape index (κ2) is 4.56. The fourth-order valence-corrected chi connectivity index (χ4v) is 2.26. The van der Waals surface area contributed by atoms with Gasteiger partial charge in [0.05, 0.1) is 6.04 Å². The maximum absolute atomic E-state index is 11.6. The Morgan fingerprint density at radius 2 is 2.38 bits per heavy atom. The molecule has 0 bridgehead atoms. The third-order valence-corrected chi connectivity index (χ3v) is 3.02. The Bertz CT molecular complexity index is 200. The van der Waals surface area contributed by atoms with E-state index in [1.54, 1.807) is 0 Å². The summed E-state index contributed by atoms with van der Waals surface area (Å²) in [6, 6.07) is 0.0938. The normalized spacial score (nSPS) is 30.0. The number of hydrogen-bond acceptors (Lipinski definition) is 2. The Morgan fingerprint density at radius 1 is 1.69 bits per heavy atom. The zero-order valence-electron chi connectivity index (χ0n) is 8.62. The highest BCUT2D eigenvalue weighted by atomic mass is 16.1. The van der Waals surface area contributed by atoms with Gasteiger partial charge in [0, 0.05) is 0 Å². The van der Waals surface area contributed by atoms with Gasteiger partial charge in [-0.2, -0.15) is 0 Å². The van der Waals surface area contributed by atoms with Crippen molar-refractivity contribution in [1.29, 1.82) is 0 Å². The van der Waals surface area contributed by atoms with Crippen molar-refractivity contribution in [2.45, 2.75) is 32.2 Å². The lowest BCUT2D eigenvalue weighted by Gasteiger charge is -2.37. The van der Waals surface area contributed by atoms with Gasteiger partial charge in [-0.05, 0) is 38.4 Å². The predicted molar refractivity (Wildman–Crippen MR) is 54.6 cm³/mol. The van der Waals surface area contributed by atoms with Crippen molar-refractivity contribution in [3.63, 3.8) is 0 Å². The second-order valence-electron chi connectivity index (χ2n) is 3.84. The van der Waals surface area contributed by atoms with Crippen LogP contribution in [0.2, 0.25) is 0 Å². The van der Waals surface area contributed by atoms with Crippen molar-refractivity contribution in [3.8, 4) is 0 Å². The van der Waals surface area contributed by atoms with Crippen LogP contribution in [-0.4, -0.2) is 30.3 Å². The number of carbonyl (C=O) groups is 1. The monoisotopic (exact) mass is 181 g/mol. The molecule has 1 fully saturated rings. The smallest absolute Gasteiger partial charge is 0.172 e. The van der Waals surface area contributed by atoms with Crippen LogP contribution in [0.4, 0.5) is 0 Å². The number of hydrogen-bond donors (Lipinski definition) is 0. The van der Waals surface area contributed by atoms with Gasteiger partial charge in [0.2, 0.25) is 0 Å². The summed E-state index contributed by atoms with van der Waals surface area (Å²) in [5, 5.41) is 0. The third kappa shape index (κ3) is 2.19. The number of ketones is 1. The average Bonchev–Trinajstić information content (AvgIpc) is 2.16. The topological polar surface area (TPSA) is 20.3 Å². The lowest BCUT2D eigenvalue weighted by Crippen LogP contribution is -2.47. The molecule has 0 aliphatic carbocycles. The fourth-order valence-electron chi connectivity index (χ4n) is 2.26. The molecule has 1 rings (SSSR count). The van der Waals surface area contributed by atoms with Gasteiger partial charge in [0.15, 0.2) is 5.78 Å². The molecule has 2 atom stereocenters. The molecular weight excluding hydrogens is 162 g/mol. The van der Waals surface area contributed by atoms with Crippen LogP contribution in [0, 0.1) is 5.92 Å². The van der Waals surface area contributed by atoms with E-state index in [9.17, 15) is 4.79 Å². The lowest BCUT2D eigenvalue weighted by molar-refractivity contribution is -0.122. The summed E-state index contributed by atoms with van der Waals surface area (Å²) in [5.74, 6) is 0.721. The Morgan fingerprint density at radius 3 is 2.92 bits per heavy atom. The first kappa shape index (κ1) is 10.5. The molecule has 0 spiro atoms. The molecule has 0 aromatic carbocycles. The van der Waals surface area contributed by atoms with Crippen molar-refractivity contribution in [1.82, 2.24) is 4.90 Å². The predicted octanol–water partition coefficient (Wildman–Crippen LogP) is 1.86. The Labute approximate surface area is 80.6 Å².